The van der Waals surface area contributed by atoms with Gasteiger partial charge >= 0.3 is 11.9 Å². The zero-order valence-electron chi connectivity index (χ0n) is 23.1. The number of β-lactam (4-membered cyclic amide) rings is 1. The molecule has 2 amide bonds. The van der Waals surface area contributed by atoms with Crippen molar-refractivity contribution in [1.82, 2.24) is 19.6 Å². The number of ether oxygens (including phenoxy) is 1. The van der Waals surface area contributed by atoms with Crippen molar-refractivity contribution in [3.63, 3.8) is 0 Å². The predicted molar refractivity (Wildman–Crippen MR) is 157 cm³/mol. The molecule has 17 heteroatoms. The Kier molecular flexibility index (Phi) is 8.36. The number of halogens is 1. The van der Waals surface area contributed by atoms with Gasteiger partial charge in [-0.05, 0) is 26.8 Å². The number of nitrogens with two attached hydrogens (primary N) is 1. The summed E-state index contributed by atoms with van der Waals surface area (Å²) in [5.74, 6) is -3.14. The Balaban J connectivity index is 1.34. The first-order chi connectivity index (χ1) is 20.3. The molecule has 5 rings (SSSR count). The Morgan fingerprint density at radius 1 is 1.30 bits per heavy atom. The number of nitrogens with zero attached hydrogens (tertiary/aromatic N) is 5. The van der Waals surface area contributed by atoms with Crippen LogP contribution >= 0.6 is 34.7 Å². The molecule has 2 aliphatic rings. The zero-order chi connectivity index (χ0) is 31.1. The molecule has 3 aromatic heterocycles. The molecule has 0 aliphatic carbocycles. The third-order valence-electron chi connectivity index (χ3n) is 6.27. The molecular formula is C26H27ClN7O7S2+. The summed E-state index contributed by atoms with van der Waals surface area (Å²) in [6.45, 7) is 4.70. The second kappa shape index (κ2) is 11.9. The Labute approximate surface area is 258 Å². The third-order valence-corrected chi connectivity index (χ3v) is 8.69. The van der Waals surface area contributed by atoms with Crippen LogP contribution in [0, 0.1) is 0 Å². The van der Waals surface area contributed by atoms with Gasteiger partial charge in [-0.3, -0.25) is 14.5 Å². The summed E-state index contributed by atoms with van der Waals surface area (Å²) in [7, 11) is 0. The van der Waals surface area contributed by atoms with Crippen LogP contribution in [-0.4, -0.2) is 78.2 Å². The summed E-state index contributed by atoms with van der Waals surface area (Å²) in [4.78, 5) is 61.3. The number of aromatic nitrogens is 3. The fourth-order valence-corrected chi connectivity index (χ4v) is 6.84. The van der Waals surface area contributed by atoms with Crippen molar-refractivity contribution in [1.29, 1.82) is 0 Å². The fourth-order valence-electron chi connectivity index (χ4n) is 4.57. The van der Waals surface area contributed by atoms with Gasteiger partial charge in [0.2, 0.25) is 6.61 Å². The topological polar surface area (TPSA) is 182 Å². The van der Waals surface area contributed by atoms with Gasteiger partial charge in [0.15, 0.2) is 10.8 Å². The van der Waals surface area contributed by atoms with E-state index in [4.69, 9.17) is 26.9 Å². The van der Waals surface area contributed by atoms with Crippen molar-refractivity contribution in [2.45, 2.75) is 44.3 Å². The number of carbonyl (C=O) groups is 4. The van der Waals surface area contributed by atoms with Crippen LogP contribution in [0.4, 0.5) is 5.13 Å². The molecule has 5 heterocycles. The molecule has 0 bridgehead atoms. The van der Waals surface area contributed by atoms with E-state index in [1.165, 1.54) is 16.7 Å². The molecule has 0 radical (unpaired) electrons. The molecule has 2 atom stereocenters. The number of nitrogen functional groups attached to an aromatic ring is 1. The van der Waals surface area contributed by atoms with E-state index in [0.29, 0.717) is 11.3 Å². The first-order valence-electron chi connectivity index (χ1n) is 12.8. The number of anilines is 1. The van der Waals surface area contributed by atoms with Gasteiger partial charge in [-0.1, -0.05) is 34.2 Å². The number of nitrogens with one attached hydrogen (secondary N) is 1. The van der Waals surface area contributed by atoms with Crippen molar-refractivity contribution in [2.75, 3.05) is 18.1 Å². The molecule has 43 heavy (non-hydrogen) atoms. The largest absolute Gasteiger partial charge is 0.477 e. The van der Waals surface area contributed by atoms with Crippen molar-refractivity contribution >= 4 is 74.9 Å². The molecule has 2 aliphatic heterocycles. The number of imidazole rings is 1. The minimum Gasteiger partial charge on any atom is -0.477 e. The number of fused-ring (bicyclic) bond motifs is 2. The SMILES string of the molecule is CC(C)(C)OC(=O)CON=C(C(=O)N[C@@H]1C(=O)N2C(C(=O)O)=C(C[n+]3ccn4ccccc43)CS[C@@H]12)c1nc(N)sc1Cl. The normalized spacial score (nSPS) is 18.7. The van der Waals surface area contributed by atoms with E-state index in [2.05, 4.69) is 15.5 Å². The zero-order valence-corrected chi connectivity index (χ0v) is 25.5. The molecule has 1 fully saturated rings. The van der Waals surface area contributed by atoms with Crippen LogP contribution < -0.4 is 15.6 Å². The maximum Gasteiger partial charge on any atom is 0.352 e. The second-order valence-electron chi connectivity index (χ2n) is 10.5. The highest BCUT2D eigenvalue weighted by Gasteiger charge is 2.54. The van der Waals surface area contributed by atoms with Crippen molar-refractivity contribution in [2.24, 2.45) is 5.16 Å². The van der Waals surface area contributed by atoms with E-state index in [1.54, 1.807) is 20.8 Å². The number of hydrogen-bond acceptors (Lipinski definition) is 11. The molecule has 14 nitrogen and oxygen atoms in total. The highest BCUT2D eigenvalue weighted by atomic mass is 35.5. The molecule has 0 saturated carbocycles. The average molecular weight is 649 g/mol. The molecule has 226 valence electrons. The van der Waals surface area contributed by atoms with Crippen molar-refractivity contribution < 1.29 is 38.4 Å². The van der Waals surface area contributed by atoms with E-state index in [0.717, 1.165) is 17.0 Å². The monoisotopic (exact) mass is 648 g/mol. The lowest BCUT2D eigenvalue weighted by Gasteiger charge is -2.49. The van der Waals surface area contributed by atoms with Crippen LogP contribution in [0.25, 0.3) is 5.65 Å². The van der Waals surface area contributed by atoms with Crippen molar-refractivity contribution in [3.8, 4) is 0 Å². The summed E-state index contributed by atoms with van der Waals surface area (Å²) >= 11 is 8.43. The molecule has 0 aromatic carbocycles. The molecule has 1 saturated heterocycles. The number of pyridine rings is 1. The number of carbonyl (C=O) groups excluding carboxylic acids is 3. The van der Waals surface area contributed by atoms with Crippen LogP contribution in [-0.2, 0) is 35.3 Å². The Morgan fingerprint density at radius 2 is 2.07 bits per heavy atom. The summed E-state index contributed by atoms with van der Waals surface area (Å²) in [6, 6.07) is 4.60. The number of rotatable bonds is 9. The lowest BCUT2D eigenvalue weighted by Crippen LogP contribution is -2.71. The molecule has 3 aromatic rings. The molecule has 4 N–H and O–H groups in total. The first kappa shape index (κ1) is 30.3. The number of hydrogen-bond donors (Lipinski definition) is 3. The lowest BCUT2D eigenvalue weighted by atomic mass is 10.0. The van der Waals surface area contributed by atoms with Crippen LogP contribution in [0.2, 0.25) is 4.34 Å². The standard InChI is InChI=1S/C26H26ClN7O7S2/c1-26(2,3)41-15(35)11-40-31-17(16-20(27)43-25(28)30-16)21(36)29-18-22(37)34-19(24(38)39)13(12-42-23(18)34)10-33-9-8-32-7-5-4-6-14(32)33/h4-9,18,23H,10-12H2,1-3H3,(H3-,28,29,30,36,38,39)/p+1/t18-,23+/m1/s1. The van der Waals surface area contributed by atoms with E-state index in [9.17, 15) is 24.3 Å². The van der Waals surface area contributed by atoms with E-state index in [1.807, 2.05) is 45.8 Å². The third kappa shape index (κ3) is 6.30. The Morgan fingerprint density at radius 3 is 2.74 bits per heavy atom. The minimum atomic E-state index is -1.25. The lowest BCUT2D eigenvalue weighted by molar-refractivity contribution is -0.662. The number of thiazole rings is 1. The number of carboxylic acid groups (broad SMARTS) is 1. The van der Waals surface area contributed by atoms with Gasteiger partial charge in [-0.25, -0.2) is 23.5 Å². The predicted octanol–water partition coefficient (Wildman–Crippen LogP) is 1.42. The van der Waals surface area contributed by atoms with E-state index in [-0.39, 0.29) is 27.4 Å². The van der Waals surface area contributed by atoms with E-state index >= 15 is 0 Å². The highest BCUT2D eigenvalue weighted by Crippen LogP contribution is 2.40. The first-order valence-corrected chi connectivity index (χ1v) is 15.1. The molecule has 0 unspecified atom stereocenters. The van der Waals surface area contributed by atoms with Crippen LogP contribution in [0.15, 0.2) is 53.2 Å². The summed E-state index contributed by atoms with van der Waals surface area (Å²) < 4.78 is 9.00. The summed E-state index contributed by atoms with van der Waals surface area (Å²) in [6.07, 6.45) is 5.57. The molecular weight excluding hydrogens is 622 g/mol. The van der Waals surface area contributed by atoms with Gasteiger partial charge in [-0.2, -0.15) is 0 Å². The maximum absolute atomic E-state index is 13.4. The van der Waals surface area contributed by atoms with Crippen LogP contribution in [0.3, 0.4) is 0 Å². The Hall–Kier alpha value is -4.15. The number of carboxylic acids is 1. The molecule has 0 spiro atoms. The second-order valence-corrected chi connectivity index (χ2v) is 13.2. The fraction of sp³-hybridized carbons (Fsp3) is 0.346. The number of oxime groups is 1. The smallest absolute Gasteiger partial charge is 0.352 e. The van der Waals surface area contributed by atoms with Gasteiger partial charge in [0, 0.05) is 17.4 Å². The van der Waals surface area contributed by atoms with Crippen LogP contribution in [0.1, 0.15) is 26.5 Å². The number of esters is 1. The highest BCUT2D eigenvalue weighted by molar-refractivity contribution is 8.00. The number of thioether (sulfide) groups is 1. The van der Waals surface area contributed by atoms with Crippen molar-refractivity contribution in [3.05, 3.63) is 58.1 Å². The van der Waals surface area contributed by atoms with Gasteiger partial charge < -0.3 is 25.7 Å². The number of aliphatic carboxylic acids is 1. The summed E-state index contributed by atoms with van der Waals surface area (Å²) in [5, 5.41) is 15.8. The van der Waals surface area contributed by atoms with Gasteiger partial charge in [0.1, 0.15) is 51.7 Å². The minimum absolute atomic E-state index is 0.0392. The quantitative estimate of drug-likeness (QED) is 0.101. The number of amides is 2. The van der Waals surface area contributed by atoms with Gasteiger partial charge in [0.25, 0.3) is 17.5 Å². The average Bonchev–Trinajstić information content (AvgIpc) is 3.49. The van der Waals surface area contributed by atoms with Gasteiger partial charge in [0.05, 0.1) is 6.20 Å². The van der Waals surface area contributed by atoms with E-state index < -0.39 is 53.1 Å². The Bertz CT molecular complexity index is 1690. The summed E-state index contributed by atoms with van der Waals surface area (Å²) in [5.41, 5.74) is 5.75. The van der Waals surface area contributed by atoms with Crippen LogP contribution in [0.5, 0.6) is 0 Å². The maximum atomic E-state index is 13.4. The van der Waals surface area contributed by atoms with Gasteiger partial charge in [-0.15, -0.1) is 11.8 Å².